The predicted octanol–water partition coefficient (Wildman–Crippen LogP) is 15.2. The fourth-order valence-corrected chi connectivity index (χ4v) is 10.7. The molecule has 0 saturated heterocycles. The first-order valence-corrected chi connectivity index (χ1v) is 23.9. The van der Waals surface area contributed by atoms with Crippen LogP contribution in [0, 0.1) is 10.9 Å². The summed E-state index contributed by atoms with van der Waals surface area (Å²) in [7, 11) is 7.42. The number of hydrogen-bond acceptors (Lipinski definition) is 0. The van der Waals surface area contributed by atoms with Crippen LogP contribution in [0.1, 0.15) is 127 Å². The Hall–Kier alpha value is -5.08. The van der Waals surface area contributed by atoms with E-state index in [9.17, 15) is 0 Å². The summed E-state index contributed by atoms with van der Waals surface area (Å²) in [5.74, 6) is 1.06. The van der Waals surface area contributed by atoms with Crippen LogP contribution in [0.3, 0.4) is 0 Å². The van der Waals surface area contributed by atoms with E-state index in [1.807, 2.05) is 0 Å². The molecule has 8 rings (SSSR count). The van der Waals surface area contributed by atoms with E-state index in [0.717, 1.165) is 9.53 Å². The van der Waals surface area contributed by atoms with Gasteiger partial charge in [-0.2, -0.15) is 0 Å². The van der Waals surface area contributed by atoms with E-state index < -0.39 is 15.7 Å². The molecule has 0 aliphatic rings. The number of imidazole rings is 1. The third-order valence-electron chi connectivity index (χ3n) is 11.8. The number of aryl methyl sites for hydroxylation is 1. The van der Waals surface area contributed by atoms with Crippen LogP contribution in [0.4, 0.5) is 0 Å². The molecule has 2 nitrogen and oxygen atoms in total. The molecule has 4 heteroatoms. The summed E-state index contributed by atoms with van der Waals surface area (Å²) in [6.45, 7) is 16.2. The molecular formula is C55H54ClN2Rh. The van der Waals surface area contributed by atoms with E-state index in [-0.39, 0.29) is 11.8 Å². The van der Waals surface area contributed by atoms with Gasteiger partial charge in [-0.15, -0.1) is 0 Å². The molecule has 59 heavy (non-hydrogen) atoms. The van der Waals surface area contributed by atoms with Crippen LogP contribution >= 0.6 is 9.69 Å². The van der Waals surface area contributed by atoms with Crippen molar-refractivity contribution in [2.75, 3.05) is 0 Å². The zero-order chi connectivity index (χ0) is 41.2. The van der Waals surface area contributed by atoms with Crippen molar-refractivity contribution in [1.82, 2.24) is 8.97 Å². The molecule has 8 aromatic rings. The van der Waals surface area contributed by atoms with Gasteiger partial charge in [0, 0.05) is 0 Å². The van der Waals surface area contributed by atoms with Crippen LogP contribution in [0.2, 0.25) is 0 Å². The molecule has 0 aliphatic heterocycles. The van der Waals surface area contributed by atoms with E-state index >= 15 is 0 Å². The Balaban J connectivity index is 1.53. The fraction of sp³-hybridized carbons (Fsp3) is 0.218. The molecule has 6 aromatic carbocycles. The third kappa shape index (κ3) is 8.01. The Bertz CT molecular complexity index is 2550. The van der Waals surface area contributed by atoms with Gasteiger partial charge in [-0.3, -0.25) is 0 Å². The van der Waals surface area contributed by atoms with Gasteiger partial charge >= 0.3 is 364 Å². The molecule has 0 saturated carbocycles. The third-order valence-corrected chi connectivity index (χ3v) is 13.5. The molecule has 0 unspecified atom stereocenters. The van der Waals surface area contributed by atoms with Crippen LogP contribution in [0.5, 0.6) is 0 Å². The molecule has 0 N–H and O–H groups in total. The summed E-state index contributed by atoms with van der Waals surface area (Å²) in [5, 5.41) is 0. The summed E-state index contributed by atoms with van der Waals surface area (Å²) >= 11 is -0.505. The molecule has 0 fully saturated rings. The molecular weight excluding hydrogens is 827 g/mol. The van der Waals surface area contributed by atoms with Gasteiger partial charge in [-0.25, -0.2) is 0 Å². The Morgan fingerprint density at radius 2 is 0.881 bits per heavy atom. The first-order chi connectivity index (χ1) is 28.7. The molecule has 300 valence electrons. The molecule has 0 atom stereocenters. The molecule has 0 spiro atoms. The van der Waals surface area contributed by atoms with Crippen molar-refractivity contribution in [3.8, 4) is 16.9 Å². The minimum absolute atomic E-state index is 0.0338. The maximum absolute atomic E-state index is 7.42. The second kappa shape index (κ2) is 17.6. The SMILES string of the molecule is Cc1cc(C(c2ccccc2)c2ccccc2)c(-n2cc3cccc(-c4c(C(C)C)cc(C(C)C)cc4C(C)C)n3[c]2=[Rh][Cl])c(C(c2ccccc2)c2ccccc2)c1. The zero-order valence-electron chi connectivity index (χ0n) is 35.2. The normalized spacial score (nSPS) is 12.5. The Morgan fingerprint density at radius 1 is 0.458 bits per heavy atom. The van der Waals surface area contributed by atoms with Crippen LogP contribution in [0.25, 0.3) is 22.5 Å². The van der Waals surface area contributed by atoms with Crippen molar-refractivity contribution in [1.29, 1.82) is 0 Å². The number of nitrogens with zero attached hydrogens (tertiary/aromatic N) is 2. The van der Waals surface area contributed by atoms with Gasteiger partial charge in [0.25, 0.3) is 0 Å². The van der Waals surface area contributed by atoms with E-state index in [2.05, 4.69) is 227 Å². The number of pyridine rings is 1. The van der Waals surface area contributed by atoms with Gasteiger partial charge in [0.1, 0.15) is 0 Å². The van der Waals surface area contributed by atoms with E-state index in [0.29, 0.717) is 17.8 Å². The first kappa shape index (κ1) is 40.7. The number of rotatable bonds is 11. The maximum atomic E-state index is 7.42. The number of benzene rings is 6. The quantitative estimate of drug-likeness (QED) is 0.0904. The van der Waals surface area contributed by atoms with Crippen molar-refractivity contribution in [3.05, 3.63) is 230 Å². The number of aromatic nitrogens is 2. The van der Waals surface area contributed by atoms with Crippen molar-refractivity contribution in [3.63, 3.8) is 0 Å². The summed E-state index contributed by atoms with van der Waals surface area (Å²) < 4.78 is 6.05. The van der Waals surface area contributed by atoms with Gasteiger partial charge < -0.3 is 0 Å². The summed E-state index contributed by atoms with van der Waals surface area (Å²) in [4.78, 5) is 0. The van der Waals surface area contributed by atoms with Gasteiger partial charge in [0.05, 0.1) is 0 Å². The van der Waals surface area contributed by atoms with Gasteiger partial charge in [0.15, 0.2) is 0 Å². The van der Waals surface area contributed by atoms with Crippen molar-refractivity contribution in [2.24, 2.45) is 0 Å². The Morgan fingerprint density at radius 3 is 1.25 bits per heavy atom. The molecule has 0 amide bonds. The zero-order valence-corrected chi connectivity index (χ0v) is 37.6. The van der Waals surface area contributed by atoms with Crippen molar-refractivity contribution >= 4 is 15.2 Å². The molecule has 2 aromatic heterocycles. The van der Waals surface area contributed by atoms with Crippen LogP contribution in [-0.4, -0.2) is 8.97 Å². The first-order valence-electron chi connectivity index (χ1n) is 21.0. The summed E-state index contributed by atoms with van der Waals surface area (Å²) in [5.41, 5.74) is 17.8. The van der Waals surface area contributed by atoms with Gasteiger partial charge in [0.2, 0.25) is 0 Å². The van der Waals surface area contributed by atoms with E-state index in [1.165, 1.54) is 72.6 Å². The Labute approximate surface area is 362 Å². The van der Waals surface area contributed by atoms with E-state index in [4.69, 9.17) is 9.69 Å². The van der Waals surface area contributed by atoms with E-state index in [1.54, 1.807) is 0 Å². The Kier molecular flexibility index (Phi) is 12.2. The number of halogens is 1. The number of hydrogen-bond donors (Lipinski definition) is 0. The summed E-state index contributed by atoms with van der Waals surface area (Å²) in [6.07, 6.45) is 2.36. The predicted molar refractivity (Wildman–Crippen MR) is 246 cm³/mol. The topological polar surface area (TPSA) is 9.34 Å². The average molecular weight is 881 g/mol. The average Bonchev–Trinajstić information content (AvgIpc) is 3.63. The second-order valence-corrected chi connectivity index (χ2v) is 18.6. The van der Waals surface area contributed by atoms with Crippen LogP contribution in [-0.2, 0) is 15.7 Å². The van der Waals surface area contributed by atoms with Crippen LogP contribution < -0.4 is 0 Å². The van der Waals surface area contributed by atoms with Crippen LogP contribution in [0.15, 0.2) is 170 Å². The van der Waals surface area contributed by atoms with Crippen molar-refractivity contribution < 1.29 is 15.7 Å². The molecule has 0 bridgehead atoms. The molecule has 0 radical (unpaired) electrons. The minimum atomic E-state index is -0.505. The monoisotopic (exact) mass is 880 g/mol. The number of fused-ring (bicyclic) bond motifs is 1. The summed E-state index contributed by atoms with van der Waals surface area (Å²) in [6, 6.07) is 60.6. The van der Waals surface area contributed by atoms with Gasteiger partial charge in [-0.05, 0) is 0 Å². The van der Waals surface area contributed by atoms with Gasteiger partial charge in [-0.1, -0.05) is 0 Å². The fourth-order valence-electron chi connectivity index (χ4n) is 9.01. The second-order valence-electron chi connectivity index (χ2n) is 16.8. The molecule has 0 aliphatic carbocycles. The molecule has 2 heterocycles. The van der Waals surface area contributed by atoms with Crippen molar-refractivity contribution in [2.45, 2.75) is 78.1 Å². The standard InChI is InChI=1S/C55H54N2.ClH.Rh/c1-37(2)45-33-47(38(3)4)54(48(34-45)39(5)6)51-30-20-29-46-35-56(36-57(46)51)55-49(52(41-21-12-8-13-22-41)42-23-14-9-15-24-42)31-40(7)32-50(55)53(43-25-16-10-17-26-43)44-27-18-11-19-28-44;;/h8-35,37-39,52-53H,1-7H3;1H;/q;;+1/p-1.